The van der Waals surface area contributed by atoms with Crippen LogP contribution in [-0.2, 0) is 12.1 Å². The molecule has 0 aliphatic carbocycles. The van der Waals surface area contributed by atoms with E-state index in [-0.39, 0.29) is 0 Å². The molecule has 3 heteroatoms. The van der Waals surface area contributed by atoms with E-state index in [9.17, 15) is 0 Å². The highest BCUT2D eigenvalue weighted by atomic mass is 28.3. The molecule has 0 heterocycles. The maximum absolute atomic E-state index is 2.53. The summed E-state index contributed by atoms with van der Waals surface area (Å²) >= 11 is 0. The molecule has 0 nitrogen and oxygen atoms in total. The zero-order valence-electron chi connectivity index (χ0n) is 15.1. The van der Waals surface area contributed by atoms with Crippen molar-refractivity contribution in [3.05, 3.63) is 29.3 Å². The molecule has 0 atom stereocenters. The molecule has 0 saturated heterocycles. The molecule has 1 rings (SSSR count). The van der Waals surface area contributed by atoms with Crippen LogP contribution in [0.4, 0.5) is 0 Å². The molecule has 1 aromatic carbocycles. The van der Waals surface area contributed by atoms with Crippen molar-refractivity contribution >= 4 is 29.4 Å². The van der Waals surface area contributed by atoms with E-state index in [0.717, 1.165) is 0 Å². The van der Waals surface area contributed by atoms with Crippen molar-refractivity contribution in [2.45, 2.75) is 71.0 Å². The van der Waals surface area contributed by atoms with Gasteiger partial charge in [-0.1, -0.05) is 93.4 Å². The second kappa shape index (κ2) is 5.93. The van der Waals surface area contributed by atoms with Crippen LogP contribution < -0.4 is 5.19 Å². The van der Waals surface area contributed by atoms with Crippen molar-refractivity contribution < 1.29 is 0 Å². The van der Waals surface area contributed by atoms with Gasteiger partial charge in [-0.2, -0.15) is 0 Å². The van der Waals surface area contributed by atoms with Crippen LogP contribution in [0.25, 0.3) is 0 Å². The van der Waals surface area contributed by atoms with Crippen LogP contribution in [0.1, 0.15) is 11.1 Å². The molecule has 0 aliphatic heterocycles. The third-order valence-corrected chi connectivity index (χ3v) is 8.35. The third kappa shape index (κ3) is 6.55. The normalized spacial score (nSPS) is 13.7. The minimum absolute atomic E-state index is 1.03. The summed E-state index contributed by atoms with van der Waals surface area (Å²) in [5.41, 5.74) is 3.22. The molecule has 0 fully saturated rings. The van der Waals surface area contributed by atoms with Gasteiger partial charge in [-0.15, -0.1) is 0 Å². The van der Waals surface area contributed by atoms with Gasteiger partial charge in [-0.05, 0) is 12.1 Å². The molecular formula is C17H34Si3. The molecule has 0 amide bonds. The minimum atomic E-state index is -1.22. The summed E-state index contributed by atoms with van der Waals surface area (Å²) in [6.45, 7) is 22.3. The fraction of sp³-hybridized carbons (Fsp3) is 0.647. The standard InChI is InChI=1S/C17H34Si3/c1-18(2,3)13-15-10-16(14-19(4,5)6)12-17(11-15)20(7,8)9/h10-12H,13-14H2,1-9H3. The van der Waals surface area contributed by atoms with E-state index in [1.54, 1.807) is 16.3 Å². The van der Waals surface area contributed by atoms with Crippen LogP contribution in [0, 0.1) is 0 Å². The summed E-state index contributed by atoms with van der Waals surface area (Å²) in [7, 11) is -3.29. The molecule has 0 radical (unpaired) electrons. The Bertz CT molecular complexity index is 422. The van der Waals surface area contributed by atoms with Crippen LogP contribution in [0.2, 0.25) is 58.9 Å². The van der Waals surface area contributed by atoms with Crippen LogP contribution in [0.3, 0.4) is 0 Å². The van der Waals surface area contributed by atoms with Gasteiger partial charge in [0.15, 0.2) is 0 Å². The topological polar surface area (TPSA) is 0 Å². The lowest BCUT2D eigenvalue weighted by Crippen LogP contribution is -2.39. The molecular weight excluding hydrogens is 288 g/mol. The van der Waals surface area contributed by atoms with E-state index in [2.05, 4.69) is 77.1 Å². The Hall–Kier alpha value is -0.129. The Morgan fingerprint density at radius 3 is 1.20 bits per heavy atom. The zero-order chi connectivity index (χ0) is 15.8. The van der Waals surface area contributed by atoms with Gasteiger partial charge in [-0.3, -0.25) is 0 Å². The van der Waals surface area contributed by atoms with Crippen molar-refractivity contribution in [1.29, 1.82) is 0 Å². The first kappa shape index (κ1) is 17.9. The van der Waals surface area contributed by atoms with Crippen LogP contribution in [0.15, 0.2) is 18.2 Å². The lowest BCUT2D eigenvalue weighted by Gasteiger charge is -2.24. The minimum Gasteiger partial charge on any atom is -0.0693 e. The first-order chi connectivity index (χ1) is 8.76. The molecule has 114 valence electrons. The highest BCUT2D eigenvalue weighted by Gasteiger charge is 2.22. The molecule has 0 bridgehead atoms. The quantitative estimate of drug-likeness (QED) is 0.664. The summed E-state index contributed by atoms with van der Waals surface area (Å²) in [6.07, 6.45) is 0. The third-order valence-electron chi connectivity index (χ3n) is 3.39. The van der Waals surface area contributed by atoms with Crippen molar-refractivity contribution in [2.75, 3.05) is 0 Å². The first-order valence-corrected chi connectivity index (χ1v) is 18.8. The fourth-order valence-electron chi connectivity index (χ4n) is 2.62. The van der Waals surface area contributed by atoms with Gasteiger partial charge < -0.3 is 0 Å². The van der Waals surface area contributed by atoms with E-state index in [4.69, 9.17) is 0 Å². The molecule has 0 aromatic heterocycles. The highest BCUT2D eigenvalue weighted by molar-refractivity contribution is 6.88. The number of hydrogen-bond acceptors (Lipinski definition) is 0. The van der Waals surface area contributed by atoms with Gasteiger partial charge in [0.05, 0.1) is 8.07 Å². The zero-order valence-corrected chi connectivity index (χ0v) is 18.1. The summed E-state index contributed by atoms with van der Waals surface area (Å²) in [6, 6.07) is 10.2. The maximum Gasteiger partial charge on any atom is 0.0776 e. The van der Waals surface area contributed by atoms with Crippen LogP contribution >= 0.6 is 0 Å². The summed E-state index contributed by atoms with van der Waals surface area (Å²) in [4.78, 5) is 0. The van der Waals surface area contributed by atoms with E-state index in [0.29, 0.717) is 0 Å². The molecule has 0 spiro atoms. The fourth-order valence-corrected chi connectivity index (χ4v) is 6.72. The Balaban J connectivity index is 3.22. The summed E-state index contributed by atoms with van der Waals surface area (Å²) in [5, 5.41) is 1.65. The largest absolute Gasteiger partial charge is 0.0776 e. The summed E-state index contributed by atoms with van der Waals surface area (Å²) in [5.74, 6) is 0. The van der Waals surface area contributed by atoms with Crippen molar-refractivity contribution in [3.8, 4) is 0 Å². The van der Waals surface area contributed by atoms with E-state index in [1.807, 2.05) is 0 Å². The predicted octanol–water partition coefficient (Wildman–Crippen LogP) is 5.07. The SMILES string of the molecule is C[Si](C)(C)Cc1cc(C[Si](C)(C)C)cc([Si](C)(C)C)c1. The summed E-state index contributed by atoms with van der Waals surface area (Å²) < 4.78 is 0. The monoisotopic (exact) mass is 322 g/mol. The van der Waals surface area contributed by atoms with Crippen molar-refractivity contribution in [3.63, 3.8) is 0 Å². The Kier molecular flexibility index (Phi) is 5.32. The van der Waals surface area contributed by atoms with E-state index >= 15 is 0 Å². The average molecular weight is 323 g/mol. The second-order valence-electron chi connectivity index (χ2n) is 9.76. The first-order valence-electron chi connectivity index (χ1n) is 7.90. The Morgan fingerprint density at radius 1 is 0.600 bits per heavy atom. The van der Waals surface area contributed by atoms with Gasteiger partial charge in [0, 0.05) is 16.1 Å². The highest BCUT2D eigenvalue weighted by Crippen LogP contribution is 2.18. The van der Waals surface area contributed by atoms with Gasteiger partial charge in [0.2, 0.25) is 0 Å². The van der Waals surface area contributed by atoms with Crippen molar-refractivity contribution in [2.24, 2.45) is 0 Å². The van der Waals surface area contributed by atoms with E-state index in [1.165, 1.54) is 12.1 Å². The Labute approximate surface area is 130 Å². The molecule has 0 saturated carbocycles. The van der Waals surface area contributed by atoms with Gasteiger partial charge in [-0.25, -0.2) is 0 Å². The van der Waals surface area contributed by atoms with Crippen LogP contribution in [0.5, 0.6) is 0 Å². The molecule has 0 N–H and O–H groups in total. The van der Waals surface area contributed by atoms with Gasteiger partial charge in [0.1, 0.15) is 0 Å². The average Bonchev–Trinajstić information content (AvgIpc) is 2.09. The number of rotatable bonds is 5. The maximum atomic E-state index is 2.53. The lowest BCUT2D eigenvalue weighted by atomic mass is 10.1. The predicted molar refractivity (Wildman–Crippen MR) is 104 cm³/mol. The van der Waals surface area contributed by atoms with Crippen LogP contribution in [-0.4, -0.2) is 24.2 Å². The number of benzene rings is 1. The van der Waals surface area contributed by atoms with Gasteiger partial charge >= 0.3 is 0 Å². The smallest absolute Gasteiger partial charge is 0.0693 e. The van der Waals surface area contributed by atoms with E-state index < -0.39 is 24.2 Å². The Morgan fingerprint density at radius 2 is 0.950 bits per heavy atom. The molecule has 0 unspecified atom stereocenters. The van der Waals surface area contributed by atoms with Crippen molar-refractivity contribution in [1.82, 2.24) is 0 Å². The molecule has 1 aromatic rings. The molecule has 0 aliphatic rings. The lowest BCUT2D eigenvalue weighted by molar-refractivity contribution is 1.25. The van der Waals surface area contributed by atoms with Gasteiger partial charge in [0.25, 0.3) is 0 Å². The second-order valence-corrected chi connectivity index (χ2v) is 25.8. The number of hydrogen-bond donors (Lipinski definition) is 0. The molecule has 20 heavy (non-hydrogen) atoms.